The predicted molar refractivity (Wildman–Crippen MR) is 62.5 cm³/mol. The fourth-order valence-corrected chi connectivity index (χ4v) is 2.11. The molecule has 0 aliphatic carbocycles. The molecule has 0 aromatic heterocycles. The van der Waals surface area contributed by atoms with E-state index in [4.69, 9.17) is 11.6 Å². The second-order valence-corrected chi connectivity index (χ2v) is 5.05. The van der Waals surface area contributed by atoms with Crippen LogP contribution in [-0.4, -0.2) is 5.38 Å². The largest absolute Gasteiger partial charge is 0.123 e. The summed E-state index contributed by atoms with van der Waals surface area (Å²) in [7, 11) is 0. The van der Waals surface area contributed by atoms with Crippen LogP contribution in [0, 0.1) is 5.92 Å². The van der Waals surface area contributed by atoms with Gasteiger partial charge in [0.25, 0.3) is 0 Å². The minimum absolute atomic E-state index is 0.418. The van der Waals surface area contributed by atoms with Crippen LogP contribution in [0.1, 0.15) is 65.7 Å². The van der Waals surface area contributed by atoms with Gasteiger partial charge in [-0.3, -0.25) is 0 Å². The standard InChI is InChI=1S/C12H25Cl/c1-4-5-6-7-8-9-12(13)10-11(2)3/h11-12H,4-10H2,1-3H3. The fourth-order valence-electron chi connectivity index (χ4n) is 1.60. The minimum atomic E-state index is 0.418. The van der Waals surface area contributed by atoms with Gasteiger partial charge in [-0.25, -0.2) is 0 Å². The van der Waals surface area contributed by atoms with Crippen molar-refractivity contribution in [3.05, 3.63) is 0 Å². The molecule has 0 aromatic rings. The molecule has 0 saturated carbocycles. The van der Waals surface area contributed by atoms with E-state index in [1.807, 2.05) is 0 Å². The maximum Gasteiger partial charge on any atom is 0.0338 e. The van der Waals surface area contributed by atoms with Gasteiger partial charge in [0.1, 0.15) is 0 Å². The fraction of sp³-hybridized carbons (Fsp3) is 1.00. The van der Waals surface area contributed by atoms with Gasteiger partial charge in [0.15, 0.2) is 0 Å². The first kappa shape index (κ1) is 13.3. The molecule has 13 heavy (non-hydrogen) atoms. The Kier molecular flexibility index (Phi) is 9.07. The van der Waals surface area contributed by atoms with Gasteiger partial charge in [-0.05, 0) is 18.8 Å². The zero-order valence-corrected chi connectivity index (χ0v) is 10.2. The van der Waals surface area contributed by atoms with Gasteiger partial charge in [-0.15, -0.1) is 11.6 Å². The van der Waals surface area contributed by atoms with Crippen LogP contribution < -0.4 is 0 Å². The molecule has 0 heterocycles. The Labute approximate surface area is 89.1 Å². The van der Waals surface area contributed by atoms with E-state index in [9.17, 15) is 0 Å². The third-order valence-corrected chi connectivity index (χ3v) is 2.74. The zero-order chi connectivity index (χ0) is 10.1. The topological polar surface area (TPSA) is 0 Å². The number of halogens is 1. The lowest BCUT2D eigenvalue weighted by atomic mass is 10.0. The molecule has 1 unspecified atom stereocenters. The van der Waals surface area contributed by atoms with Crippen LogP contribution in [0.4, 0.5) is 0 Å². The van der Waals surface area contributed by atoms with Crippen LogP contribution in [0.3, 0.4) is 0 Å². The number of alkyl halides is 1. The molecule has 0 N–H and O–H groups in total. The Bertz CT molecular complexity index is 99.3. The van der Waals surface area contributed by atoms with E-state index in [2.05, 4.69) is 20.8 Å². The van der Waals surface area contributed by atoms with Gasteiger partial charge >= 0.3 is 0 Å². The summed E-state index contributed by atoms with van der Waals surface area (Å²) < 4.78 is 0. The van der Waals surface area contributed by atoms with E-state index < -0.39 is 0 Å². The molecule has 1 heteroatoms. The van der Waals surface area contributed by atoms with E-state index in [0.717, 1.165) is 5.92 Å². The van der Waals surface area contributed by atoms with Crippen molar-refractivity contribution in [2.45, 2.75) is 71.1 Å². The molecule has 0 fully saturated rings. The van der Waals surface area contributed by atoms with E-state index in [1.54, 1.807) is 0 Å². The van der Waals surface area contributed by atoms with Crippen LogP contribution in [0.25, 0.3) is 0 Å². The van der Waals surface area contributed by atoms with Crippen LogP contribution in [-0.2, 0) is 0 Å². The Morgan fingerprint density at radius 1 is 1.00 bits per heavy atom. The molecule has 0 aliphatic heterocycles. The first-order valence-corrected chi connectivity index (χ1v) is 6.24. The normalized spacial score (nSPS) is 13.6. The average Bonchev–Trinajstić information content (AvgIpc) is 2.02. The molecule has 0 aliphatic rings. The highest BCUT2D eigenvalue weighted by Crippen LogP contribution is 2.17. The maximum absolute atomic E-state index is 6.19. The van der Waals surface area contributed by atoms with Crippen LogP contribution in [0.15, 0.2) is 0 Å². The van der Waals surface area contributed by atoms with Crippen molar-refractivity contribution in [1.82, 2.24) is 0 Å². The summed E-state index contributed by atoms with van der Waals surface area (Å²) >= 11 is 6.19. The van der Waals surface area contributed by atoms with Gasteiger partial charge in [0, 0.05) is 5.38 Å². The number of unbranched alkanes of at least 4 members (excludes halogenated alkanes) is 4. The molecule has 0 saturated heterocycles. The third kappa shape index (κ3) is 10.2. The summed E-state index contributed by atoms with van der Waals surface area (Å²) in [5.41, 5.74) is 0. The second-order valence-electron chi connectivity index (χ2n) is 4.43. The molecule has 0 bridgehead atoms. The van der Waals surface area contributed by atoms with Crippen molar-refractivity contribution in [3.8, 4) is 0 Å². The molecule has 0 amide bonds. The van der Waals surface area contributed by atoms with Crippen molar-refractivity contribution in [2.75, 3.05) is 0 Å². The van der Waals surface area contributed by atoms with Crippen molar-refractivity contribution in [3.63, 3.8) is 0 Å². The summed E-state index contributed by atoms with van der Waals surface area (Å²) in [6.45, 7) is 6.74. The van der Waals surface area contributed by atoms with E-state index in [1.165, 1.54) is 44.9 Å². The highest BCUT2D eigenvalue weighted by molar-refractivity contribution is 6.20. The van der Waals surface area contributed by atoms with Gasteiger partial charge in [-0.1, -0.05) is 52.9 Å². The van der Waals surface area contributed by atoms with Gasteiger partial charge < -0.3 is 0 Å². The van der Waals surface area contributed by atoms with Crippen molar-refractivity contribution in [2.24, 2.45) is 5.92 Å². The van der Waals surface area contributed by atoms with E-state index in [0.29, 0.717) is 5.38 Å². The number of hydrogen-bond donors (Lipinski definition) is 0. The number of hydrogen-bond acceptors (Lipinski definition) is 0. The summed E-state index contributed by atoms with van der Waals surface area (Å²) in [6, 6.07) is 0. The lowest BCUT2D eigenvalue weighted by Crippen LogP contribution is -2.03. The van der Waals surface area contributed by atoms with Crippen LogP contribution >= 0.6 is 11.6 Å². The quantitative estimate of drug-likeness (QED) is 0.386. The number of rotatable bonds is 8. The lowest BCUT2D eigenvalue weighted by molar-refractivity contribution is 0.517. The summed E-state index contributed by atoms with van der Waals surface area (Å²) in [4.78, 5) is 0. The Morgan fingerprint density at radius 2 is 1.62 bits per heavy atom. The Hall–Kier alpha value is 0.290. The highest BCUT2D eigenvalue weighted by atomic mass is 35.5. The summed E-state index contributed by atoms with van der Waals surface area (Å²) in [5, 5.41) is 0.418. The summed E-state index contributed by atoms with van der Waals surface area (Å²) in [6.07, 6.45) is 9.18. The molecular formula is C12H25Cl. The molecule has 0 rings (SSSR count). The minimum Gasteiger partial charge on any atom is -0.123 e. The average molecular weight is 205 g/mol. The summed E-state index contributed by atoms with van der Waals surface area (Å²) in [5.74, 6) is 0.748. The SMILES string of the molecule is CCCCCCCC(Cl)CC(C)C. The molecule has 0 spiro atoms. The van der Waals surface area contributed by atoms with Gasteiger partial charge in [0.2, 0.25) is 0 Å². The molecule has 0 radical (unpaired) electrons. The lowest BCUT2D eigenvalue weighted by Gasteiger charge is -2.11. The van der Waals surface area contributed by atoms with Crippen LogP contribution in [0.2, 0.25) is 0 Å². The second kappa shape index (κ2) is 8.87. The molecule has 0 nitrogen and oxygen atoms in total. The predicted octanol–water partition coefficient (Wildman–Crippen LogP) is 5.00. The van der Waals surface area contributed by atoms with E-state index >= 15 is 0 Å². The zero-order valence-electron chi connectivity index (χ0n) is 9.48. The van der Waals surface area contributed by atoms with Crippen LogP contribution in [0.5, 0.6) is 0 Å². The molecule has 0 aromatic carbocycles. The molecule has 1 atom stereocenters. The van der Waals surface area contributed by atoms with Crippen molar-refractivity contribution >= 4 is 11.6 Å². The molecule has 80 valence electrons. The maximum atomic E-state index is 6.19. The highest BCUT2D eigenvalue weighted by Gasteiger charge is 2.06. The Balaban J connectivity index is 3.12. The monoisotopic (exact) mass is 204 g/mol. The van der Waals surface area contributed by atoms with Gasteiger partial charge in [0.05, 0.1) is 0 Å². The Morgan fingerprint density at radius 3 is 2.15 bits per heavy atom. The van der Waals surface area contributed by atoms with E-state index in [-0.39, 0.29) is 0 Å². The first-order valence-electron chi connectivity index (χ1n) is 5.80. The molecular weight excluding hydrogens is 180 g/mol. The van der Waals surface area contributed by atoms with Crippen molar-refractivity contribution < 1.29 is 0 Å². The van der Waals surface area contributed by atoms with Gasteiger partial charge in [-0.2, -0.15) is 0 Å². The van der Waals surface area contributed by atoms with Crippen molar-refractivity contribution in [1.29, 1.82) is 0 Å². The first-order chi connectivity index (χ1) is 6.16. The third-order valence-electron chi connectivity index (χ3n) is 2.35. The smallest absolute Gasteiger partial charge is 0.0338 e.